The summed E-state index contributed by atoms with van der Waals surface area (Å²) in [5, 5.41) is 5.71. The highest BCUT2D eigenvalue weighted by molar-refractivity contribution is 5.97. The Morgan fingerprint density at radius 2 is 1.90 bits per heavy atom. The number of nitrogens with one attached hydrogen (secondary N) is 1. The van der Waals surface area contributed by atoms with Crippen LogP contribution in [0.25, 0.3) is 10.8 Å². The van der Waals surface area contributed by atoms with E-state index in [1.807, 2.05) is 32.0 Å². The van der Waals surface area contributed by atoms with E-state index in [-0.39, 0.29) is 35.0 Å². The summed E-state index contributed by atoms with van der Waals surface area (Å²) in [7, 11) is 0. The molecule has 1 heterocycles. The fraction of sp³-hybridized carbons (Fsp3) is 0.440. The Morgan fingerprint density at radius 1 is 1.17 bits per heavy atom. The first kappa shape index (κ1) is 19.7. The number of fused-ring (bicyclic) bond motifs is 2. The Labute approximate surface area is 172 Å². The van der Waals surface area contributed by atoms with Gasteiger partial charge < -0.3 is 10.1 Å². The van der Waals surface area contributed by atoms with E-state index in [4.69, 9.17) is 4.74 Å². The third kappa shape index (κ3) is 3.45. The van der Waals surface area contributed by atoms with Gasteiger partial charge in [0.1, 0.15) is 5.78 Å². The van der Waals surface area contributed by atoms with Crippen LogP contribution >= 0.6 is 0 Å². The fourth-order valence-electron chi connectivity index (χ4n) is 5.30. The van der Waals surface area contributed by atoms with Crippen molar-refractivity contribution >= 4 is 22.5 Å². The Bertz CT molecular complexity index is 999. The van der Waals surface area contributed by atoms with Crippen LogP contribution in [0.4, 0.5) is 0 Å². The van der Waals surface area contributed by atoms with Gasteiger partial charge in [0, 0.05) is 30.0 Å². The summed E-state index contributed by atoms with van der Waals surface area (Å²) in [4.78, 5) is 26.4. The molecule has 0 aromatic heterocycles. The zero-order chi connectivity index (χ0) is 20.8. The third-order valence-corrected chi connectivity index (χ3v) is 6.36. The van der Waals surface area contributed by atoms with Crippen molar-refractivity contribution in [2.45, 2.75) is 52.5 Å². The molecular formula is C25H29NO3. The lowest BCUT2D eigenvalue weighted by atomic mass is 9.61. The number of hydrogen-bond acceptors (Lipinski definition) is 4. The molecule has 29 heavy (non-hydrogen) atoms. The van der Waals surface area contributed by atoms with Crippen LogP contribution in [0.3, 0.4) is 0 Å². The molecular weight excluding hydrogens is 362 g/mol. The number of ketones is 1. The molecule has 3 unspecified atom stereocenters. The first-order valence-electron chi connectivity index (χ1n) is 10.5. The zero-order valence-electron chi connectivity index (χ0n) is 17.6. The standard InChI is InChI=1S/C25H29NO3/c1-5-29-24(28)21-15(2)26-19-13-25(3,4)14-20(27)23(19)22(21)18-12-8-10-16-9-6-7-11-17(16)18/h6-12,19,22-23,26H,5,13-14H2,1-4H3. The van der Waals surface area contributed by atoms with Crippen LogP contribution in [0.5, 0.6) is 0 Å². The van der Waals surface area contributed by atoms with Crippen molar-refractivity contribution in [3.63, 3.8) is 0 Å². The highest BCUT2D eigenvalue weighted by Gasteiger charge is 2.50. The summed E-state index contributed by atoms with van der Waals surface area (Å²) in [5.74, 6) is -0.663. The topological polar surface area (TPSA) is 55.4 Å². The Morgan fingerprint density at radius 3 is 2.66 bits per heavy atom. The Balaban J connectivity index is 1.93. The molecule has 1 aliphatic heterocycles. The number of rotatable bonds is 3. The number of ether oxygens (including phenoxy) is 1. The van der Waals surface area contributed by atoms with Crippen LogP contribution in [-0.2, 0) is 14.3 Å². The number of Topliss-reactive ketones (excluding diaryl/α,β-unsaturated/α-hetero) is 1. The molecule has 152 valence electrons. The van der Waals surface area contributed by atoms with Crippen molar-refractivity contribution in [2.75, 3.05) is 6.61 Å². The molecule has 4 nitrogen and oxygen atoms in total. The van der Waals surface area contributed by atoms with E-state index >= 15 is 0 Å². The second-order valence-corrected chi connectivity index (χ2v) is 9.09. The first-order chi connectivity index (χ1) is 13.8. The molecule has 2 aromatic carbocycles. The van der Waals surface area contributed by atoms with Crippen LogP contribution in [0.15, 0.2) is 53.7 Å². The lowest BCUT2D eigenvalue weighted by Gasteiger charge is -2.47. The van der Waals surface area contributed by atoms with Crippen molar-refractivity contribution < 1.29 is 14.3 Å². The van der Waals surface area contributed by atoms with Crippen LogP contribution in [0.2, 0.25) is 0 Å². The molecule has 2 aliphatic rings. The van der Waals surface area contributed by atoms with Crippen molar-refractivity contribution in [1.29, 1.82) is 0 Å². The lowest BCUT2D eigenvalue weighted by Crippen LogP contribution is -2.54. The second-order valence-electron chi connectivity index (χ2n) is 9.09. The minimum atomic E-state index is -0.327. The molecule has 2 aromatic rings. The molecule has 0 bridgehead atoms. The number of benzene rings is 2. The maximum absolute atomic E-state index is 13.4. The molecule has 0 amide bonds. The van der Waals surface area contributed by atoms with Gasteiger partial charge >= 0.3 is 5.97 Å². The first-order valence-corrected chi connectivity index (χ1v) is 10.5. The van der Waals surface area contributed by atoms with Crippen molar-refractivity contribution in [2.24, 2.45) is 11.3 Å². The summed E-state index contributed by atoms with van der Waals surface area (Å²) >= 11 is 0. The maximum Gasteiger partial charge on any atom is 0.336 e. The summed E-state index contributed by atoms with van der Waals surface area (Å²) < 4.78 is 5.42. The van der Waals surface area contributed by atoms with E-state index in [9.17, 15) is 9.59 Å². The fourth-order valence-corrected chi connectivity index (χ4v) is 5.30. The van der Waals surface area contributed by atoms with Gasteiger partial charge in [0.2, 0.25) is 0 Å². The average Bonchev–Trinajstić information content (AvgIpc) is 2.65. The summed E-state index contributed by atoms with van der Waals surface area (Å²) in [6.45, 7) is 8.36. The van der Waals surface area contributed by atoms with Gasteiger partial charge in [-0.05, 0) is 42.0 Å². The highest BCUT2D eigenvalue weighted by atomic mass is 16.5. The zero-order valence-corrected chi connectivity index (χ0v) is 17.6. The van der Waals surface area contributed by atoms with Crippen molar-refractivity contribution in [3.05, 3.63) is 59.3 Å². The summed E-state index contributed by atoms with van der Waals surface area (Å²) in [6, 6.07) is 14.4. The van der Waals surface area contributed by atoms with Gasteiger partial charge in [0.25, 0.3) is 0 Å². The van der Waals surface area contributed by atoms with Gasteiger partial charge in [0.05, 0.1) is 12.2 Å². The van der Waals surface area contributed by atoms with E-state index in [0.717, 1.165) is 28.5 Å². The van der Waals surface area contributed by atoms with Crippen LogP contribution < -0.4 is 5.32 Å². The van der Waals surface area contributed by atoms with Gasteiger partial charge in [-0.3, -0.25) is 4.79 Å². The van der Waals surface area contributed by atoms with Crippen LogP contribution in [-0.4, -0.2) is 24.4 Å². The monoisotopic (exact) mass is 391 g/mol. The van der Waals surface area contributed by atoms with Crippen molar-refractivity contribution in [1.82, 2.24) is 5.32 Å². The second kappa shape index (κ2) is 7.33. The third-order valence-electron chi connectivity index (χ3n) is 6.36. The SMILES string of the molecule is CCOC(=O)C1=C(C)NC2CC(C)(C)CC(=O)C2C1c1cccc2ccccc12. The van der Waals surface area contributed by atoms with E-state index in [1.54, 1.807) is 0 Å². The van der Waals surface area contributed by atoms with Crippen LogP contribution in [0.1, 0.15) is 52.0 Å². The van der Waals surface area contributed by atoms with E-state index in [0.29, 0.717) is 18.6 Å². The largest absolute Gasteiger partial charge is 0.463 e. The maximum atomic E-state index is 13.4. The molecule has 0 radical (unpaired) electrons. The van der Waals surface area contributed by atoms with Gasteiger partial charge in [0.15, 0.2) is 0 Å². The molecule has 4 heteroatoms. The molecule has 3 atom stereocenters. The molecule has 1 aliphatic carbocycles. The van der Waals surface area contributed by atoms with E-state index in [1.165, 1.54) is 0 Å². The van der Waals surface area contributed by atoms with E-state index in [2.05, 4.69) is 43.4 Å². The number of allylic oxidation sites excluding steroid dienone is 1. The Kier molecular flexibility index (Phi) is 4.97. The predicted molar refractivity (Wildman–Crippen MR) is 114 cm³/mol. The smallest absolute Gasteiger partial charge is 0.336 e. The molecule has 1 N–H and O–H groups in total. The Hall–Kier alpha value is -2.62. The van der Waals surface area contributed by atoms with Crippen molar-refractivity contribution in [3.8, 4) is 0 Å². The molecule has 0 saturated heterocycles. The number of hydrogen-bond donors (Lipinski definition) is 1. The predicted octanol–water partition coefficient (Wildman–Crippen LogP) is 4.74. The minimum absolute atomic E-state index is 0.0217. The molecule has 0 spiro atoms. The summed E-state index contributed by atoms with van der Waals surface area (Å²) in [5.41, 5.74) is 2.41. The molecule has 1 saturated carbocycles. The quantitative estimate of drug-likeness (QED) is 0.768. The van der Waals surface area contributed by atoms with Gasteiger partial charge in [-0.25, -0.2) is 4.79 Å². The van der Waals surface area contributed by atoms with E-state index < -0.39 is 0 Å². The highest BCUT2D eigenvalue weighted by Crippen LogP contribution is 2.49. The van der Waals surface area contributed by atoms with Gasteiger partial charge in [-0.2, -0.15) is 0 Å². The average molecular weight is 392 g/mol. The minimum Gasteiger partial charge on any atom is -0.463 e. The van der Waals surface area contributed by atoms with Crippen LogP contribution in [0, 0.1) is 11.3 Å². The van der Waals surface area contributed by atoms with Gasteiger partial charge in [-0.1, -0.05) is 56.3 Å². The number of esters is 1. The summed E-state index contributed by atoms with van der Waals surface area (Å²) in [6.07, 6.45) is 1.43. The number of carbonyl (C=O) groups excluding carboxylic acids is 2. The van der Waals surface area contributed by atoms with Gasteiger partial charge in [-0.15, -0.1) is 0 Å². The lowest BCUT2D eigenvalue weighted by molar-refractivity contribution is -0.139. The molecule has 1 fully saturated rings. The normalized spacial score (nSPS) is 26.1. The molecule has 4 rings (SSSR count). The number of carbonyl (C=O) groups is 2.